The average Bonchev–Trinajstić information content (AvgIpc) is 2.45. The van der Waals surface area contributed by atoms with Gasteiger partial charge in [-0.15, -0.1) is 0 Å². The van der Waals surface area contributed by atoms with E-state index in [0.717, 1.165) is 19.5 Å². The minimum Gasteiger partial charge on any atom is -0.340 e. The van der Waals surface area contributed by atoms with Gasteiger partial charge in [0.2, 0.25) is 5.91 Å². The molecule has 1 fully saturated rings. The number of carbonyl (C=O) groups is 1. The van der Waals surface area contributed by atoms with Crippen molar-refractivity contribution in [2.45, 2.75) is 39.8 Å². The van der Waals surface area contributed by atoms with E-state index in [-0.39, 0.29) is 17.4 Å². The fourth-order valence-corrected chi connectivity index (χ4v) is 3.06. The van der Waals surface area contributed by atoms with Gasteiger partial charge >= 0.3 is 0 Å². The molecule has 4 nitrogen and oxygen atoms in total. The highest BCUT2D eigenvalue weighted by atomic mass is 16.2. The van der Waals surface area contributed by atoms with Crippen molar-refractivity contribution in [1.29, 1.82) is 0 Å². The number of piperidine rings is 1. The third kappa shape index (κ3) is 4.08. The average molecular weight is 303 g/mol. The number of likely N-dealkylation sites (N-methyl/N-ethyl adjacent to an activating group) is 1. The number of nitrogens with two attached hydrogens (primary N) is 1. The number of benzene rings is 1. The molecule has 1 saturated heterocycles. The van der Waals surface area contributed by atoms with Crippen molar-refractivity contribution < 1.29 is 4.79 Å². The predicted molar refractivity (Wildman–Crippen MR) is 90.5 cm³/mol. The van der Waals surface area contributed by atoms with Crippen molar-refractivity contribution in [3.63, 3.8) is 0 Å². The summed E-state index contributed by atoms with van der Waals surface area (Å²) in [7, 11) is 1.88. The number of hydrogen-bond acceptors (Lipinski definition) is 3. The van der Waals surface area contributed by atoms with E-state index in [1.807, 2.05) is 24.1 Å². The van der Waals surface area contributed by atoms with Crippen LogP contribution in [-0.2, 0) is 11.3 Å². The van der Waals surface area contributed by atoms with Crippen molar-refractivity contribution in [3.05, 3.63) is 35.4 Å². The topological polar surface area (TPSA) is 49.6 Å². The van der Waals surface area contributed by atoms with Gasteiger partial charge in [0.1, 0.15) is 0 Å². The highest BCUT2D eigenvalue weighted by Gasteiger charge is 2.34. The van der Waals surface area contributed by atoms with Crippen LogP contribution in [0.5, 0.6) is 0 Å². The van der Waals surface area contributed by atoms with Gasteiger partial charge in [0.25, 0.3) is 0 Å². The van der Waals surface area contributed by atoms with Gasteiger partial charge in [-0.25, -0.2) is 0 Å². The van der Waals surface area contributed by atoms with Gasteiger partial charge in [-0.3, -0.25) is 9.69 Å². The summed E-state index contributed by atoms with van der Waals surface area (Å²) < 4.78 is 0. The molecule has 1 aromatic rings. The van der Waals surface area contributed by atoms with Crippen LogP contribution in [0.15, 0.2) is 24.3 Å². The van der Waals surface area contributed by atoms with E-state index in [2.05, 4.69) is 37.8 Å². The Kier molecular flexibility index (Phi) is 5.24. The van der Waals surface area contributed by atoms with E-state index in [1.54, 1.807) is 0 Å². The summed E-state index contributed by atoms with van der Waals surface area (Å²) in [6.07, 6.45) is 0.960. The molecule has 0 radical (unpaired) electrons. The number of hydrogen-bond donors (Lipinski definition) is 1. The van der Waals surface area contributed by atoms with E-state index in [4.69, 9.17) is 5.73 Å². The first kappa shape index (κ1) is 17.0. The van der Waals surface area contributed by atoms with Gasteiger partial charge < -0.3 is 10.6 Å². The van der Waals surface area contributed by atoms with Crippen LogP contribution < -0.4 is 5.73 Å². The lowest BCUT2D eigenvalue weighted by Crippen LogP contribution is -2.54. The highest BCUT2D eigenvalue weighted by Crippen LogP contribution is 2.27. The van der Waals surface area contributed by atoms with Crippen LogP contribution in [0.3, 0.4) is 0 Å². The molecule has 22 heavy (non-hydrogen) atoms. The maximum absolute atomic E-state index is 12.5. The molecule has 1 atom stereocenters. The Morgan fingerprint density at radius 2 is 2.09 bits per heavy atom. The Labute approximate surface area is 134 Å². The Morgan fingerprint density at radius 3 is 2.73 bits per heavy atom. The van der Waals surface area contributed by atoms with Crippen molar-refractivity contribution in [2.24, 2.45) is 11.1 Å². The highest BCUT2D eigenvalue weighted by molar-refractivity contribution is 5.78. The smallest absolute Gasteiger partial charge is 0.236 e. The number of rotatable bonds is 4. The number of aryl methyl sites for hydroxylation is 1. The molecule has 1 aliphatic rings. The molecule has 0 saturated carbocycles. The first-order valence-electron chi connectivity index (χ1n) is 8.06. The van der Waals surface area contributed by atoms with Crippen LogP contribution in [0.2, 0.25) is 0 Å². The summed E-state index contributed by atoms with van der Waals surface area (Å²) in [6.45, 7) is 9.41. The Balaban J connectivity index is 1.91. The lowest BCUT2D eigenvalue weighted by atomic mass is 9.80. The summed E-state index contributed by atoms with van der Waals surface area (Å²) in [5.74, 6) is 0.175. The third-order valence-corrected chi connectivity index (χ3v) is 4.84. The zero-order valence-electron chi connectivity index (χ0n) is 14.3. The second-order valence-corrected chi connectivity index (χ2v) is 7.27. The maximum atomic E-state index is 12.5. The monoisotopic (exact) mass is 303 g/mol. The lowest BCUT2D eigenvalue weighted by molar-refractivity contribution is -0.132. The summed E-state index contributed by atoms with van der Waals surface area (Å²) in [6, 6.07) is 8.45. The van der Waals surface area contributed by atoms with Crippen molar-refractivity contribution in [3.8, 4) is 0 Å². The molecule has 1 aromatic carbocycles. The maximum Gasteiger partial charge on any atom is 0.236 e. The molecule has 122 valence electrons. The predicted octanol–water partition coefficient (Wildman–Crippen LogP) is 2.01. The fraction of sp³-hybridized carbons (Fsp3) is 0.611. The van der Waals surface area contributed by atoms with Crippen LogP contribution in [0, 0.1) is 12.3 Å². The molecule has 4 heteroatoms. The zero-order chi connectivity index (χ0) is 16.3. The quantitative estimate of drug-likeness (QED) is 0.926. The minimum absolute atomic E-state index is 0.0765. The van der Waals surface area contributed by atoms with Crippen LogP contribution >= 0.6 is 0 Å². The molecule has 1 heterocycles. The van der Waals surface area contributed by atoms with Crippen molar-refractivity contribution in [1.82, 2.24) is 9.80 Å². The number of likely N-dealkylation sites (tertiary alicyclic amines) is 1. The molecule has 0 bridgehead atoms. The van der Waals surface area contributed by atoms with E-state index in [0.29, 0.717) is 13.1 Å². The molecule has 0 aliphatic carbocycles. The molecule has 1 amide bonds. The second-order valence-electron chi connectivity index (χ2n) is 7.27. The van der Waals surface area contributed by atoms with Crippen LogP contribution in [-0.4, -0.2) is 48.4 Å². The largest absolute Gasteiger partial charge is 0.340 e. The molecule has 2 N–H and O–H groups in total. The first-order valence-corrected chi connectivity index (χ1v) is 8.06. The molecule has 0 aromatic heterocycles. The number of amides is 1. The van der Waals surface area contributed by atoms with E-state index >= 15 is 0 Å². The molecular formula is C18H29N3O. The molecule has 0 spiro atoms. The summed E-state index contributed by atoms with van der Waals surface area (Å²) >= 11 is 0. The summed E-state index contributed by atoms with van der Waals surface area (Å²) in [5, 5.41) is 0. The third-order valence-electron chi connectivity index (χ3n) is 4.84. The second kappa shape index (κ2) is 6.80. The van der Waals surface area contributed by atoms with Crippen molar-refractivity contribution >= 4 is 5.91 Å². The van der Waals surface area contributed by atoms with Gasteiger partial charge in [-0.2, -0.15) is 0 Å². The van der Waals surface area contributed by atoms with Gasteiger partial charge in [0.05, 0.1) is 6.54 Å². The standard InChI is InChI=1S/C18H29N3O/c1-14-7-5-6-8-15(14)11-20(4)17(22)12-21-10-9-16(19)18(2,3)13-21/h5-8,16H,9-13,19H2,1-4H3. The SMILES string of the molecule is Cc1ccccc1CN(C)C(=O)CN1CCC(N)C(C)(C)C1. The van der Waals surface area contributed by atoms with Gasteiger partial charge in [-0.1, -0.05) is 38.1 Å². The summed E-state index contributed by atoms with van der Waals surface area (Å²) in [4.78, 5) is 16.5. The number of nitrogens with zero attached hydrogens (tertiary/aromatic N) is 2. The first-order chi connectivity index (χ1) is 10.3. The van der Waals surface area contributed by atoms with Gasteiger partial charge in [0.15, 0.2) is 0 Å². The van der Waals surface area contributed by atoms with E-state index < -0.39 is 0 Å². The Morgan fingerprint density at radius 1 is 1.41 bits per heavy atom. The van der Waals surface area contributed by atoms with Crippen LogP contribution in [0.1, 0.15) is 31.4 Å². The zero-order valence-corrected chi connectivity index (χ0v) is 14.3. The Bertz CT molecular complexity index is 527. The lowest BCUT2D eigenvalue weighted by Gasteiger charge is -2.42. The Hall–Kier alpha value is -1.39. The minimum atomic E-state index is 0.0765. The fourth-order valence-electron chi connectivity index (χ4n) is 3.06. The van der Waals surface area contributed by atoms with Crippen LogP contribution in [0.4, 0.5) is 0 Å². The van der Waals surface area contributed by atoms with E-state index in [9.17, 15) is 4.79 Å². The molecule has 2 rings (SSSR count). The van der Waals surface area contributed by atoms with Crippen molar-refractivity contribution in [2.75, 3.05) is 26.7 Å². The molecule has 1 unspecified atom stereocenters. The van der Waals surface area contributed by atoms with Crippen LogP contribution in [0.25, 0.3) is 0 Å². The number of carbonyl (C=O) groups excluding carboxylic acids is 1. The summed E-state index contributed by atoms with van der Waals surface area (Å²) in [5.41, 5.74) is 8.68. The van der Waals surface area contributed by atoms with E-state index in [1.165, 1.54) is 11.1 Å². The van der Waals surface area contributed by atoms with Gasteiger partial charge in [0, 0.05) is 32.7 Å². The normalized spacial score (nSPS) is 21.6. The van der Waals surface area contributed by atoms with Gasteiger partial charge in [-0.05, 0) is 29.9 Å². The molecular weight excluding hydrogens is 274 g/mol. The molecule has 1 aliphatic heterocycles.